The lowest BCUT2D eigenvalue weighted by Crippen LogP contribution is -2.29. The Hall–Kier alpha value is -2.54. The summed E-state index contributed by atoms with van der Waals surface area (Å²) >= 11 is 1.31. The van der Waals surface area contributed by atoms with Crippen molar-refractivity contribution in [2.45, 2.75) is 18.4 Å². The lowest BCUT2D eigenvalue weighted by Gasteiger charge is -2.08. The van der Waals surface area contributed by atoms with Gasteiger partial charge in [-0.1, -0.05) is 18.2 Å². The van der Waals surface area contributed by atoms with Gasteiger partial charge in [0.2, 0.25) is 0 Å². The summed E-state index contributed by atoms with van der Waals surface area (Å²) in [5.41, 5.74) is 0.373. The summed E-state index contributed by atoms with van der Waals surface area (Å²) in [5.74, 6) is -0.505. The minimum absolute atomic E-state index is 0.0456. The molecule has 2 aromatic carbocycles. The third-order valence-electron chi connectivity index (χ3n) is 3.29. The van der Waals surface area contributed by atoms with Gasteiger partial charge in [0.1, 0.15) is 11.6 Å². The van der Waals surface area contributed by atoms with Gasteiger partial charge >= 0.3 is 5.97 Å². The largest absolute Gasteiger partial charge is 0.494 e. The van der Waals surface area contributed by atoms with Crippen LogP contribution in [0, 0.1) is 5.82 Å². The van der Waals surface area contributed by atoms with Gasteiger partial charge in [0.15, 0.2) is 6.61 Å². The van der Waals surface area contributed by atoms with Crippen LogP contribution in [0.4, 0.5) is 4.39 Å². The molecule has 0 aromatic heterocycles. The quantitative estimate of drug-likeness (QED) is 0.537. The molecule has 138 valence electrons. The fraction of sp³-hybridized carbons (Fsp3) is 0.263. The van der Waals surface area contributed by atoms with Crippen LogP contribution in [-0.4, -0.2) is 30.8 Å². The highest BCUT2D eigenvalue weighted by atomic mass is 32.2. The molecule has 0 bridgehead atoms. The summed E-state index contributed by atoms with van der Waals surface area (Å²) in [4.78, 5) is 24.3. The van der Waals surface area contributed by atoms with Crippen molar-refractivity contribution in [2.24, 2.45) is 0 Å². The maximum Gasteiger partial charge on any atom is 0.316 e. The minimum Gasteiger partial charge on any atom is -0.494 e. The number of esters is 1. The number of nitrogens with one attached hydrogen (secondary N) is 1. The van der Waals surface area contributed by atoms with Crippen molar-refractivity contribution in [3.8, 4) is 5.75 Å². The predicted octanol–water partition coefficient (Wildman–Crippen LogP) is 3.18. The second-order valence-electron chi connectivity index (χ2n) is 5.22. The van der Waals surface area contributed by atoms with Gasteiger partial charge in [-0.15, -0.1) is 11.8 Å². The molecular weight excluding hydrogens is 357 g/mol. The van der Waals surface area contributed by atoms with Gasteiger partial charge in [0.25, 0.3) is 5.91 Å². The van der Waals surface area contributed by atoms with E-state index in [0.29, 0.717) is 12.2 Å². The summed E-state index contributed by atoms with van der Waals surface area (Å²) < 4.78 is 23.7. The topological polar surface area (TPSA) is 64.6 Å². The average Bonchev–Trinajstić information content (AvgIpc) is 2.65. The van der Waals surface area contributed by atoms with E-state index >= 15 is 0 Å². The van der Waals surface area contributed by atoms with Crippen molar-refractivity contribution < 1.29 is 23.5 Å². The molecule has 0 radical (unpaired) electrons. The van der Waals surface area contributed by atoms with Crippen LogP contribution in [0.25, 0.3) is 0 Å². The average molecular weight is 377 g/mol. The summed E-state index contributed by atoms with van der Waals surface area (Å²) in [6.07, 6.45) is 0. The van der Waals surface area contributed by atoms with E-state index in [-0.39, 0.29) is 12.3 Å². The minimum atomic E-state index is -0.495. The van der Waals surface area contributed by atoms with Crippen molar-refractivity contribution in [1.82, 2.24) is 5.32 Å². The molecule has 0 spiro atoms. The Labute approximate surface area is 155 Å². The third-order valence-corrected chi connectivity index (χ3v) is 4.28. The van der Waals surface area contributed by atoms with Gasteiger partial charge in [0, 0.05) is 17.0 Å². The Morgan fingerprint density at radius 2 is 1.85 bits per heavy atom. The number of thioether (sulfide) groups is 1. The van der Waals surface area contributed by atoms with Crippen LogP contribution >= 0.6 is 11.8 Å². The zero-order chi connectivity index (χ0) is 18.8. The Kier molecular flexibility index (Phi) is 7.95. The van der Waals surface area contributed by atoms with Gasteiger partial charge in [0.05, 0.1) is 12.4 Å². The fourth-order valence-corrected chi connectivity index (χ4v) is 2.71. The number of ether oxygens (including phenoxy) is 2. The van der Waals surface area contributed by atoms with Crippen LogP contribution in [-0.2, 0) is 20.9 Å². The highest BCUT2D eigenvalue weighted by Gasteiger charge is 2.09. The standard InChI is InChI=1S/C19H20FNO4S/c1-2-24-15-7-9-16(10-8-15)26-13-19(23)25-12-18(22)21-11-14-5-3-4-6-17(14)20/h3-10H,2,11-13H2,1H3,(H,21,22). The molecule has 2 aromatic rings. The second-order valence-corrected chi connectivity index (χ2v) is 6.27. The summed E-state index contributed by atoms with van der Waals surface area (Å²) in [5, 5.41) is 2.51. The first-order valence-corrected chi connectivity index (χ1v) is 9.08. The number of carbonyl (C=O) groups is 2. The summed E-state index contributed by atoms with van der Waals surface area (Å²) in [6, 6.07) is 13.5. The predicted molar refractivity (Wildman–Crippen MR) is 97.5 cm³/mol. The van der Waals surface area contributed by atoms with Crippen molar-refractivity contribution in [2.75, 3.05) is 19.0 Å². The molecule has 0 aliphatic carbocycles. The molecule has 7 heteroatoms. The summed E-state index contributed by atoms with van der Waals surface area (Å²) in [7, 11) is 0. The number of hydrogen-bond donors (Lipinski definition) is 1. The van der Waals surface area contributed by atoms with Gasteiger partial charge in [-0.3, -0.25) is 9.59 Å². The van der Waals surface area contributed by atoms with Crippen molar-refractivity contribution >= 4 is 23.6 Å². The molecule has 0 unspecified atom stereocenters. The molecule has 2 rings (SSSR count). The maximum atomic E-state index is 13.4. The number of amides is 1. The Balaban J connectivity index is 1.66. The highest BCUT2D eigenvalue weighted by molar-refractivity contribution is 8.00. The van der Waals surface area contributed by atoms with Crippen LogP contribution in [0.5, 0.6) is 5.75 Å². The molecular formula is C19H20FNO4S. The van der Waals surface area contributed by atoms with E-state index in [0.717, 1.165) is 10.6 Å². The third kappa shape index (κ3) is 6.76. The van der Waals surface area contributed by atoms with E-state index in [1.165, 1.54) is 17.8 Å². The van der Waals surface area contributed by atoms with Gasteiger partial charge < -0.3 is 14.8 Å². The maximum absolute atomic E-state index is 13.4. The molecule has 1 N–H and O–H groups in total. The van der Waals surface area contributed by atoms with E-state index in [9.17, 15) is 14.0 Å². The first kappa shape index (κ1) is 19.8. The SMILES string of the molecule is CCOc1ccc(SCC(=O)OCC(=O)NCc2ccccc2F)cc1. The van der Waals surface area contributed by atoms with Crippen LogP contribution < -0.4 is 10.1 Å². The van der Waals surface area contributed by atoms with E-state index in [1.54, 1.807) is 18.2 Å². The fourth-order valence-electron chi connectivity index (χ4n) is 2.02. The number of halogens is 1. The van der Waals surface area contributed by atoms with Crippen molar-refractivity contribution in [3.05, 3.63) is 59.9 Å². The number of rotatable bonds is 9. The van der Waals surface area contributed by atoms with Crippen LogP contribution in [0.2, 0.25) is 0 Å². The van der Waals surface area contributed by atoms with Crippen LogP contribution in [0.15, 0.2) is 53.4 Å². The van der Waals surface area contributed by atoms with Gasteiger partial charge in [-0.05, 0) is 37.3 Å². The summed E-state index contributed by atoms with van der Waals surface area (Å²) in [6.45, 7) is 2.16. The Morgan fingerprint density at radius 3 is 2.54 bits per heavy atom. The van der Waals surface area contributed by atoms with Crippen LogP contribution in [0.1, 0.15) is 12.5 Å². The monoisotopic (exact) mass is 377 g/mol. The normalized spacial score (nSPS) is 10.2. The molecule has 1 amide bonds. The molecule has 0 atom stereocenters. The first-order chi connectivity index (χ1) is 12.6. The molecule has 0 saturated carbocycles. The first-order valence-electron chi connectivity index (χ1n) is 8.10. The zero-order valence-electron chi connectivity index (χ0n) is 14.4. The lowest BCUT2D eigenvalue weighted by atomic mass is 10.2. The lowest BCUT2D eigenvalue weighted by molar-refractivity contribution is -0.145. The molecule has 0 aliphatic heterocycles. The molecule has 5 nitrogen and oxygen atoms in total. The van der Waals surface area contributed by atoms with Crippen molar-refractivity contribution in [1.29, 1.82) is 0 Å². The van der Waals surface area contributed by atoms with Crippen LogP contribution in [0.3, 0.4) is 0 Å². The Morgan fingerprint density at radius 1 is 1.12 bits per heavy atom. The smallest absolute Gasteiger partial charge is 0.316 e. The highest BCUT2D eigenvalue weighted by Crippen LogP contribution is 2.21. The van der Waals surface area contributed by atoms with E-state index in [4.69, 9.17) is 9.47 Å². The molecule has 0 fully saturated rings. The molecule has 0 saturated heterocycles. The van der Waals surface area contributed by atoms with Gasteiger partial charge in [-0.2, -0.15) is 0 Å². The molecule has 0 aliphatic rings. The number of hydrogen-bond acceptors (Lipinski definition) is 5. The zero-order valence-corrected chi connectivity index (χ0v) is 15.2. The molecule has 26 heavy (non-hydrogen) atoms. The second kappa shape index (κ2) is 10.5. The van der Waals surface area contributed by atoms with Crippen molar-refractivity contribution in [3.63, 3.8) is 0 Å². The van der Waals surface area contributed by atoms with E-state index in [2.05, 4.69) is 5.32 Å². The Bertz CT molecular complexity index is 737. The van der Waals surface area contributed by atoms with E-state index in [1.807, 2.05) is 31.2 Å². The van der Waals surface area contributed by atoms with E-state index < -0.39 is 24.3 Å². The van der Waals surface area contributed by atoms with Gasteiger partial charge in [-0.25, -0.2) is 4.39 Å². The molecule has 0 heterocycles. The number of benzene rings is 2. The number of carbonyl (C=O) groups excluding carboxylic acids is 2.